The van der Waals surface area contributed by atoms with Crippen LogP contribution in [0.25, 0.3) is 0 Å². The molecular formula is C14H16NNaO8. The van der Waals surface area contributed by atoms with Crippen LogP contribution < -0.4 is 44.7 Å². The third kappa shape index (κ3) is 4.90. The van der Waals surface area contributed by atoms with Crippen LogP contribution in [0.5, 0.6) is 5.75 Å². The third-order valence-electron chi connectivity index (χ3n) is 3.17. The van der Waals surface area contributed by atoms with Gasteiger partial charge in [-0.15, -0.1) is 0 Å². The second-order valence-electron chi connectivity index (χ2n) is 4.81. The maximum Gasteiger partial charge on any atom is 1.00 e. The molecule has 4 N–H and O–H groups in total. The number of benzene rings is 1. The summed E-state index contributed by atoms with van der Waals surface area (Å²) in [5, 5.41) is 42.1. The molecule has 0 aliphatic carbocycles. The fourth-order valence-electron chi connectivity index (χ4n) is 2.02. The van der Waals surface area contributed by atoms with Crippen LogP contribution in [0.15, 0.2) is 24.3 Å². The molecule has 0 spiro atoms. The van der Waals surface area contributed by atoms with Crippen molar-refractivity contribution in [1.82, 2.24) is 0 Å². The summed E-state index contributed by atoms with van der Waals surface area (Å²) in [4.78, 5) is 22.3. The molecule has 1 heterocycles. The van der Waals surface area contributed by atoms with Gasteiger partial charge in [0.05, 0.1) is 5.97 Å². The predicted octanol–water partition coefficient (Wildman–Crippen LogP) is -5.41. The molecule has 1 amide bonds. The van der Waals surface area contributed by atoms with Crippen LogP contribution in [-0.2, 0) is 14.3 Å². The molecule has 5 unspecified atom stereocenters. The number of nitrogens with one attached hydrogen (secondary N) is 1. The fourth-order valence-corrected chi connectivity index (χ4v) is 2.02. The molecule has 5 atom stereocenters. The van der Waals surface area contributed by atoms with Crippen molar-refractivity contribution < 1.29 is 73.2 Å². The van der Waals surface area contributed by atoms with E-state index in [9.17, 15) is 30.0 Å². The summed E-state index contributed by atoms with van der Waals surface area (Å²) >= 11 is 0. The first-order valence-corrected chi connectivity index (χ1v) is 6.49. The molecule has 0 aromatic heterocycles. The SMILES string of the molecule is [2H]C([2H])([2H])C(=O)Nc1ccc(OC2OC(C(=O)[O-])C(O)C(O)C2O)cc1.[Na+]. The molecule has 24 heavy (non-hydrogen) atoms. The summed E-state index contributed by atoms with van der Waals surface area (Å²) in [5.41, 5.74) is 0.159. The van der Waals surface area contributed by atoms with E-state index in [1.54, 1.807) is 0 Å². The first kappa shape index (κ1) is 16.3. The smallest absolute Gasteiger partial charge is 0.547 e. The van der Waals surface area contributed by atoms with Crippen molar-refractivity contribution in [3.05, 3.63) is 24.3 Å². The maximum atomic E-state index is 11.4. The number of carboxylic acid groups (broad SMARTS) is 1. The summed E-state index contributed by atoms with van der Waals surface area (Å²) in [7, 11) is 0. The van der Waals surface area contributed by atoms with Gasteiger partial charge in [-0.1, -0.05) is 0 Å². The average Bonchev–Trinajstić information content (AvgIpc) is 2.55. The maximum absolute atomic E-state index is 11.4. The molecule has 1 aliphatic heterocycles. The zero-order chi connectivity index (χ0) is 19.6. The number of aliphatic hydroxyl groups is 3. The number of aliphatic carboxylic acids is 1. The number of hydrogen-bond donors (Lipinski definition) is 4. The van der Waals surface area contributed by atoms with Crippen molar-refractivity contribution in [2.45, 2.75) is 37.6 Å². The molecule has 0 saturated carbocycles. The Bertz CT molecular complexity index is 671. The van der Waals surface area contributed by atoms with Crippen LogP contribution >= 0.6 is 0 Å². The number of carbonyl (C=O) groups is 2. The number of carbonyl (C=O) groups excluding carboxylic acids is 2. The van der Waals surface area contributed by atoms with Gasteiger partial charge < -0.3 is 40.0 Å². The zero-order valence-corrected chi connectivity index (χ0v) is 14.6. The van der Waals surface area contributed by atoms with Gasteiger partial charge >= 0.3 is 29.6 Å². The van der Waals surface area contributed by atoms with E-state index in [2.05, 4.69) is 5.32 Å². The van der Waals surface area contributed by atoms with Crippen molar-refractivity contribution >= 4 is 17.6 Å². The number of hydrogen-bond acceptors (Lipinski definition) is 8. The van der Waals surface area contributed by atoms with Gasteiger partial charge in [-0.2, -0.15) is 0 Å². The summed E-state index contributed by atoms with van der Waals surface area (Å²) in [5.74, 6) is -2.91. The summed E-state index contributed by atoms with van der Waals surface area (Å²) < 4.78 is 31.0. The van der Waals surface area contributed by atoms with E-state index < -0.39 is 49.4 Å². The quantitative estimate of drug-likeness (QED) is 0.392. The zero-order valence-electron chi connectivity index (χ0n) is 15.6. The first-order chi connectivity index (χ1) is 12.0. The van der Waals surface area contributed by atoms with E-state index in [1.807, 2.05) is 0 Å². The van der Waals surface area contributed by atoms with Gasteiger partial charge in [0.1, 0.15) is 30.2 Å². The van der Waals surface area contributed by atoms with Crippen LogP contribution in [0.1, 0.15) is 11.0 Å². The molecule has 1 aromatic carbocycles. The van der Waals surface area contributed by atoms with Crippen molar-refractivity contribution in [2.24, 2.45) is 0 Å². The Morgan fingerprint density at radius 2 is 1.83 bits per heavy atom. The minimum absolute atomic E-state index is 0. The molecule has 0 bridgehead atoms. The topological polar surface area (TPSA) is 148 Å². The summed E-state index contributed by atoms with van der Waals surface area (Å²) in [6, 6.07) is 5.18. The van der Waals surface area contributed by atoms with E-state index in [1.165, 1.54) is 24.3 Å². The molecule has 9 nitrogen and oxygen atoms in total. The number of amides is 1. The Hall–Kier alpha value is -1.20. The van der Waals surface area contributed by atoms with E-state index in [-0.39, 0.29) is 41.0 Å². The average molecular weight is 352 g/mol. The minimum Gasteiger partial charge on any atom is -0.547 e. The molecule has 2 rings (SSSR count). The second kappa shape index (κ2) is 8.77. The van der Waals surface area contributed by atoms with Crippen LogP contribution in [0, 0.1) is 0 Å². The normalized spacial score (nSPS) is 31.6. The Morgan fingerprint density at radius 3 is 2.38 bits per heavy atom. The second-order valence-corrected chi connectivity index (χ2v) is 4.81. The fraction of sp³-hybridized carbons (Fsp3) is 0.429. The minimum atomic E-state index is -2.81. The van der Waals surface area contributed by atoms with E-state index in [0.717, 1.165) is 0 Å². The Kier molecular flexibility index (Phi) is 5.95. The van der Waals surface area contributed by atoms with Crippen LogP contribution in [-0.4, -0.2) is 57.9 Å². The van der Waals surface area contributed by atoms with Gasteiger partial charge in [-0.3, -0.25) is 4.79 Å². The van der Waals surface area contributed by atoms with Crippen molar-refractivity contribution in [2.75, 3.05) is 5.32 Å². The van der Waals surface area contributed by atoms with Crippen LogP contribution in [0.3, 0.4) is 0 Å². The number of rotatable bonds is 4. The van der Waals surface area contributed by atoms with E-state index >= 15 is 0 Å². The monoisotopic (exact) mass is 352 g/mol. The predicted molar refractivity (Wildman–Crippen MR) is 73.1 cm³/mol. The van der Waals surface area contributed by atoms with Gasteiger partial charge in [-0.05, 0) is 24.3 Å². The van der Waals surface area contributed by atoms with Gasteiger partial charge in [0, 0.05) is 16.7 Å². The molecule has 1 saturated heterocycles. The number of aliphatic hydroxyl groups excluding tert-OH is 3. The van der Waals surface area contributed by atoms with Crippen molar-refractivity contribution in [1.29, 1.82) is 0 Å². The summed E-state index contributed by atoms with van der Waals surface area (Å²) in [6.45, 7) is -2.81. The molecule has 10 heteroatoms. The van der Waals surface area contributed by atoms with Gasteiger partial charge in [0.25, 0.3) is 0 Å². The number of anilines is 1. The van der Waals surface area contributed by atoms with E-state index in [4.69, 9.17) is 13.6 Å². The number of ether oxygens (including phenoxy) is 2. The third-order valence-corrected chi connectivity index (χ3v) is 3.17. The Labute approximate surface area is 163 Å². The Morgan fingerprint density at radius 1 is 1.21 bits per heavy atom. The summed E-state index contributed by atoms with van der Waals surface area (Å²) in [6.07, 6.45) is -8.99. The standard InChI is InChI=1S/C14H17NO8.Na/c1-6(16)15-7-2-4-8(5-3-7)22-14-11(19)9(17)10(18)12(23-14)13(20)21;/h2-5,9-12,14,17-19H,1H3,(H,15,16)(H,20,21);/q;+1/p-1/i1D3;. The van der Waals surface area contributed by atoms with Crippen LogP contribution in [0.4, 0.5) is 5.69 Å². The van der Waals surface area contributed by atoms with Crippen molar-refractivity contribution in [3.8, 4) is 5.75 Å². The van der Waals surface area contributed by atoms with E-state index in [0.29, 0.717) is 0 Å². The molecule has 0 radical (unpaired) electrons. The molecular weight excluding hydrogens is 333 g/mol. The van der Waals surface area contributed by atoms with Gasteiger partial charge in [0.15, 0.2) is 0 Å². The molecule has 1 aliphatic rings. The van der Waals surface area contributed by atoms with Crippen molar-refractivity contribution in [3.63, 3.8) is 0 Å². The van der Waals surface area contributed by atoms with Gasteiger partial charge in [0.2, 0.25) is 12.2 Å². The first-order valence-electron chi connectivity index (χ1n) is 7.99. The van der Waals surface area contributed by atoms with Gasteiger partial charge in [-0.25, -0.2) is 0 Å². The molecule has 1 aromatic rings. The number of carboxylic acids is 1. The largest absolute Gasteiger partial charge is 1.00 e. The molecule has 126 valence electrons. The Balaban J connectivity index is 0.00000364. The molecule has 1 fully saturated rings. The van der Waals surface area contributed by atoms with Crippen LogP contribution in [0.2, 0.25) is 0 Å².